The highest BCUT2D eigenvalue weighted by molar-refractivity contribution is 9.10. The lowest BCUT2D eigenvalue weighted by Gasteiger charge is -2.10. The van der Waals surface area contributed by atoms with E-state index in [1.807, 2.05) is 42.5 Å². The van der Waals surface area contributed by atoms with E-state index in [0.29, 0.717) is 10.1 Å². The lowest BCUT2D eigenvalue weighted by molar-refractivity contribution is 0.666. The van der Waals surface area contributed by atoms with E-state index in [-0.39, 0.29) is 24.2 Å². The third-order valence-electron chi connectivity index (χ3n) is 6.61. The molecule has 0 radical (unpaired) electrons. The van der Waals surface area contributed by atoms with Crippen LogP contribution >= 0.6 is 27.3 Å². The van der Waals surface area contributed by atoms with Gasteiger partial charge in [0, 0.05) is 41.5 Å². The zero-order chi connectivity index (χ0) is 25.9. The molecule has 0 aliphatic heterocycles. The molecule has 2 nitrogen and oxygen atoms in total. The molecular formula is C30H16BrNOS. The molecule has 34 heavy (non-hydrogen) atoms. The number of furan rings is 1. The van der Waals surface area contributed by atoms with Crippen molar-refractivity contribution in [2.24, 2.45) is 0 Å². The summed E-state index contributed by atoms with van der Waals surface area (Å²) in [5.74, 6) is 0. The van der Waals surface area contributed by atoms with Gasteiger partial charge in [-0.05, 0) is 30.3 Å². The van der Waals surface area contributed by atoms with Crippen molar-refractivity contribution in [1.82, 2.24) is 4.57 Å². The first kappa shape index (κ1) is 15.3. The maximum atomic E-state index is 8.64. The number of hydrogen-bond donors (Lipinski definition) is 0. The Morgan fingerprint density at radius 2 is 1.56 bits per heavy atom. The van der Waals surface area contributed by atoms with Gasteiger partial charge in [-0.15, -0.1) is 11.3 Å². The van der Waals surface area contributed by atoms with Crippen molar-refractivity contribution in [2.45, 2.75) is 0 Å². The highest BCUT2D eigenvalue weighted by Crippen LogP contribution is 2.45. The average Bonchev–Trinajstić information content (AvgIpc) is 3.61. The van der Waals surface area contributed by atoms with Crippen LogP contribution in [0.3, 0.4) is 0 Å². The predicted molar refractivity (Wildman–Crippen MR) is 149 cm³/mol. The highest BCUT2D eigenvalue weighted by atomic mass is 79.9. The topological polar surface area (TPSA) is 18.1 Å². The molecule has 0 saturated heterocycles. The van der Waals surface area contributed by atoms with Crippen LogP contribution in [0.2, 0.25) is 0 Å². The van der Waals surface area contributed by atoms with Crippen LogP contribution in [-0.2, 0) is 0 Å². The van der Waals surface area contributed by atoms with E-state index in [2.05, 4.69) is 50.8 Å². The maximum Gasteiger partial charge on any atom is 0.160 e. The standard InChI is InChI=1S/C30H16BrNOS/c31-22-15-16-24(29-27(22)21-9-2-5-11-25(21)33-29)32-23-10-4-1-7-17(23)19-13-14-20-18-8-3-6-12-26(18)34-30(20)28(19)32/h1-16H/i3D,6D,8D,12D. The molecule has 8 aromatic rings. The van der Waals surface area contributed by atoms with Gasteiger partial charge in [-0.1, -0.05) is 82.6 Å². The Balaban J connectivity index is 1.63. The Kier molecular flexibility index (Phi) is 3.03. The van der Waals surface area contributed by atoms with Crippen LogP contribution in [0.4, 0.5) is 0 Å². The van der Waals surface area contributed by atoms with Gasteiger partial charge in [-0.3, -0.25) is 0 Å². The van der Waals surface area contributed by atoms with Crippen molar-refractivity contribution in [3.8, 4) is 5.69 Å². The van der Waals surface area contributed by atoms with E-state index in [4.69, 9.17) is 9.90 Å². The normalized spacial score (nSPS) is 13.9. The number of thiophene rings is 1. The molecule has 0 atom stereocenters. The molecule has 5 aromatic carbocycles. The van der Waals surface area contributed by atoms with E-state index in [1.54, 1.807) is 0 Å². The molecule has 0 bridgehead atoms. The summed E-state index contributed by atoms with van der Waals surface area (Å²) in [6, 6.07) is 24.0. The van der Waals surface area contributed by atoms with Crippen LogP contribution in [0.25, 0.3) is 69.6 Å². The van der Waals surface area contributed by atoms with Crippen LogP contribution in [0.1, 0.15) is 5.48 Å². The molecule has 160 valence electrons. The highest BCUT2D eigenvalue weighted by Gasteiger charge is 2.21. The van der Waals surface area contributed by atoms with Crippen molar-refractivity contribution in [1.29, 1.82) is 0 Å². The Morgan fingerprint density at radius 1 is 0.765 bits per heavy atom. The molecule has 0 unspecified atom stereocenters. The SMILES string of the molecule is [2H]c1c([2H])c([2H])c2c(sc3c2ccc2c4ccccc4n(-c4ccc(Br)c5c4oc4ccccc45)c23)c1[2H]. The Bertz CT molecular complexity index is 2310. The van der Waals surface area contributed by atoms with Gasteiger partial charge < -0.3 is 8.98 Å². The molecule has 0 aliphatic rings. The summed E-state index contributed by atoms with van der Waals surface area (Å²) in [7, 11) is 0. The number of benzene rings is 5. The average molecular weight is 522 g/mol. The largest absolute Gasteiger partial charge is 0.454 e. The van der Waals surface area contributed by atoms with Gasteiger partial charge in [0.05, 0.1) is 26.9 Å². The number of para-hydroxylation sites is 2. The lowest BCUT2D eigenvalue weighted by atomic mass is 10.1. The first-order valence-corrected chi connectivity index (χ1v) is 12.5. The third-order valence-corrected chi connectivity index (χ3v) is 8.40. The minimum Gasteiger partial charge on any atom is -0.454 e. The monoisotopic (exact) mass is 521 g/mol. The molecule has 0 aliphatic carbocycles. The van der Waals surface area contributed by atoms with Crippen molar-refractivity contribution in [3.63, 3.8) is 0 Å². The molecule has 3 heterocycles. The third kappa shape index (κ3) is 2.34. The second-order valence-corrected chi connectivity index (χ2v) is 10.2. The van der Waals surface area contributed by atoms with E-state index in [0.717, 1.165) is 64.0 Å². The second kappa shape index (κ2) is 6.72. The number of fused-ring (bicyclic) bond motifs is 10. The molecule has 0 saturated carbocycles. The summed E-state index contributed by atoms with van der Waals surface area (Å²) < 4.78 is 44.8. The second-order valence-electron chi connectivity index (χ2n) is 8.37. The van der Waals surface area contributed by atoms with Crippen molar-refractivity contribution in [3.05, 3.63) is 101 Å². The fraction of sp³-hybridized carbons (Fsp3) is 0. The van der Waals surface area contributed by atoms with Crippen molar-refractivity contribution in [2.75, 3.05) is 0 Å². The fourth-order valence-electron chi connectivity index (χ4n) is 5.20. The Labute approximate surface area is 212 Å². The van der Waals surface area contributed by atoms with E-state index < -0.39 is 0 Å². The van der Waals surface area contributed by atoms with Gasteiger partial charge in [0.25, 0.3) is 0 Å². The fourth-order valence-corrected chi connectivity index (χ4v) is 6.87. The smallest absolute Gasteiger partial charge is 0.160 e. The quantitative estimate of drug-likeness (QED) is 0.210. The van der Waals surface area contributed by atoms with Crippen LogP contribution in [0.15, 0.2) is 106 Å². The molecule has 4 heteroatoms. The number of aromatic nitrogens is 1. The summed E-state index contributed by atoms with van der Waals surface area (Å²) in [6.45, 7) is 0. The minimum atomic E-state index is -0.209. The van der Waals surface area contributed by atoms with Crippen LogP contribution in [-0.4, -0.2) is 4.57 Å². The number of nitrogens with zero attached hydrogens (tertiary/aromatic N) is 1. The van der Waals surface area contributed by atoms with Crippen LogP contribution in [0.5, 0.6) is 0 Å². The van der Waals surface area contributed by atoms with E-state index in [9.17, 15) is 0 Å². The first-order valence-electron chi connectivity index (χ1n) is 12.9. The van der Waals surface area contributed by atoms with Crippen LogP contribution < -0.4 is 0 Å². The summed E-state index contributed by atoms with van der Waals surface area (Å²) >= 11 is 5.16. The molecular weight excluding hydrogens is 502 g/mol. The molecule has 0 spiro atoms. The van der Waals surface area contributed by atoms with Gasteiger partial charge in [0.2, 0.25) is 0 Å². The summed E-state index contributed by atoms with van der Waals surface area (Å²) in [5.41, 5.74) is 4.47. The van der Waals surface area contributed by atoms with E-state index in [1.165, 1.54) is 11.3 Å². The van der Waals surface area contributed by atoms with Gasteiger partial charge in [0.15, 0.2) is 5.58 Å². The molecule has 3 aromatic heterocycles. The lowest BCUT2D eigenvalue weighted by Crippen LogP contribution is -1.94. The molecule has 0 fully saturated rings. The van der Waals surface area contributed by atoms with E-state index >= 15 is 0 Å². The Morgan fingerprint density at radius 3 is 2.50 bits per heavy atom. The Hall–Kier alpha value is -3.60. The first-order chi connectivity index (χ1) is 18.5. The molecule has 8 rings (SSSR count). The van der Waals surface area contributed by atoms with Gasteiger partial charge >= 0.3 is 0 Å². The molecule has 0 amide bonds. The minimum absolute atomic E-state index is 0.00123. The zero-order valence-corrected chi connectivity index (χ0v) is 20.0. The summed E-state index contributed by atoms with van der Waals surface area (Å²) in [4.78, 5) is 0. The molecule has 0 N–H and O–H groups in total. The van der Waals surface area contributed by atoms with Crippen LogP contribution in [0, 0.1) is 0 Å². The van der Waals surface area contributed by atoms with Gasteiger partial charge in [-0.25, -0.2) is 0 Å². The van der Waals surface area contributed by atoms with Crippen molar-refractivity contribution >= 4 is 91.2 Å². The number of halogens is 1. The summed E-state index contributed by atoms with van der Waals surface area (Å²) in [6.07, 6.45) is 0. The van der Waals surface area contributed by atoms with Gasteiger partial charge in [0.1, 0.15) is 5.58 Å². The number of rotatable bonds is 1. The number of hydrogen-bond acceptors (Lipinski definition) is 2. The van der Waals surface area contributed by atoms with Crippen molar-refractivity contribution < 1.29 is 9.90 Å². The maximum absolute atomic E-state index is 8.64. The van der Waals surface area contributed by atoms with Gasteiger partial charge in [-0.2, -0.15) is 0 Å². The summed E-state index contributed by atoms with van der Waals surface area (Å²) in [5, 5.41) is 5.58. The predicted octanol–water partition coefficient (Wildman–Crippen LogP) is 9.81. The zero-order valence-electron chi connectivity index (χ0n) is 21.6.